The highest BCUT2D eigenvalue weighted by Crippen LogP contribution is 2.54. The molecule has 3 heterocycles. The van der Waals surface area contributed by atoms with Gasteiger partial charge in [0.1, 0.15) is 11.1 Å². The van der Waals surface area contributed by atoms with Gasteiger partial charge in [-0.25, -0.2) is 0 Å². The van der Waals surface area contributed by atoms with Crippen molar-refractivity contribution in [2.45, 2.75) is 82.2 Å². The van der Waals surface area contributed by atoms with Gasteiger partial charge in [-0.3, -0.25) is 9.69 Å². The molecule has 3 aliphatic rings. The van der Waals surface area contributed by atoms with Crippen LogP contribution in [0.4, 0.5) is 0 Å². The van der Waals surface area contributed by atoms with E-state index < -0.39 is 5.60 Å². The summed E-state index contributed by atoms with van der Waals surface area (Å²) in [5, 5.41) is 9.82. The maximum atomic E-state index is 12.4. The van der Waals surface area contributed by atoms with Gasteiger partial charge in [0.2, 0.25) is 0 Å². The van der Waals surface area contributed by atoms with Crippen LogP contribution in [0.2, 0.25) is 0 Å². The highest BCUT2D eigenvalue weighted by molar-refractivity contribution is 5.83. The number of carbonyl (C=O) groups is 1. The summed E-state index contributed by atoms with van der Waals surface area (Å²) in [6.45, 7) is 5.76. The van der Waals surface area contributed by atoms with E-state index in [1.54, 1.807) is 0 Å². The monoisotopic (exact) mass is 253 g/mol. The number of rotatable bonds is 1. The van der Waals surface area contributed by atoms with Crippen LogP contribution in [0.25, 0.3) is 0 Å². The van der Waals surface area contributed by atoms with E-state index in [1.807, 2.05) is 20.8 Å². The Hall–Kier alpha value is -0.610. The van der Waals surface area contributed by atoms with Gasteiger partial charge in [-0.15, -0.1) is 0 Å². The quantitative estimate of drug-likeness (QED) is 0.719. The Morgan fingerprint density at radius 1 is 1.33 bits per heavy atom. The average Bonchev–Trinajstić information content (AvgIpc) is 2.49. The van der Waals surface area contributed by atoms with E-state index in [4.69, 9.17) is 4.74 Å². The third-order valence-corrected chi connectivity index (χ3v) is 4.61. The molecule has 0 radical (unpaired) electrons. The lowest BCUT2D eigenvalue weighted by Gasteiger charge is -2.58. The molecule has 4 heteroatoms. The normalized spacial score (nSPS) is 43.2. The predicted molar refractivity (Wildman–Crippen MR) is 67.1 cm³/mol. The standard InChI is InChI=1S/C14H23NO3/c1-13(2,3)18-12(17)14-5-4-9-6-11(16)7-10(8-14)15(9)14/h9-11,16H,4-8H2,1-3H3/t9-,10-,11?,14?/m0/s1. The lowest BCUT2D eigenvalue weighted by atomic mass is 9.74. The van der Waals surface area contributed by atoms with Crippen molar-refractivity contribution in [1.29, 1.82) is 0 Å². The summed E-state index contributed by atoms with van der Waals surface area (Å²) in [6.07, 6.45) is 4.26. The van der Waals surface area contributed by atoms with Crippen molar-refractivity contribution in [3.63, 3.8) is 0 Å². The molecule has 0 bridgehead atoms. The number of ether oxygens (including phenoxy) is 1. The summed E-state index contributed by atoms with van der Waals surface area (Å²) >= 11 is 0. The van der Waals surface area contributed by atoms with E-state index in [2.05, 4.69) is 4.90 Å². The Morgan fingerprint density at radius 2 is 2.00 bits per heavy atom. The van der Waals surface area contributed by atoms with Crippen LogP contribution in [0.5, 0.6) is 0 Å². The Morgan fingerprint density at radius 3 is 2.67 bits per heavy atom. The zero-order valence-electron chi connectivity index (χ0n) is 11.5. The topological polar surface area (TPSA) is 49.8 Å². The fourth-order valence-electron chi connectivity index (χ4n) is 4.07. The molecule has 18 heavy (non-hydrogen) atoms. The van der Waals surface area contributed by atoms with Gasteiger partial charge in [0.25, 0.3) is 0 Å². The molecular formula is C14H23NO3. The third kappa shape index (κ3) is 1.69. The van der Waals surface area contributed by atoms with E-state index in [-0.39, 0.29) is 17.6 Å². The van der Waals surface area contributed by atoms with E-state index in [9.17, 15) is 9.90 Å². The molecule has 3 aliphatic heterocycles. The van der Waals surface area contributed by atoms with Gasteiger partial charge in [0.15, 0.2) is 0 Å². The molecular weight excluding hydrogens is 230 g/mol. The Balaban J connectivity index is 1.77. The fourth-order valence-corrected chi connectivity index (χ4v) is 4.07. The summed E-state index contributed by atoms with van der Waals surface area (Å²) in [7, 11) is 0. The van der Waals surface area contributed by atoms with Crippen molar-refractivity contribution in [2.75, 3.05) is 0 Å². The number of esters is 1. The van der Waals surface area contributed by atoms with Crippen LogP contribution in [0.1, 0.15) is 52.9 Å². The van der Waals surface area contributed by atoms with Crippen molar-refractivity contribution < 1.29 is 14.6 Å². The number of hydrogen-bond acceptors (Lipinski definition) is 4. The minimum absolute atomic E-state index is 0.0508. The summed E-state index contributed by atoms with van der Waals surface area (Å²) in [5.74, 6) is -0.0508. The first-order chi connectivity index (χ1) is 8.32. The number of hydrogen-bond donors (Lipinski definition) is 1. The lowest BCUT2D eigenvalue weighted by molar-refractivity contribution is -0.192. The number of aliphatic hydroxyl groups excluding tert-OH is 1. The van der Waals surface area contributed by atoms with Crippen LogP contribution < -0.4 is 0 Å². The van der Waals surface area contributed by atoms with Crippen LogP contribution in [0, 0.1) is 0 Å². The molecule has 0 spiro atoms. The smallest absolute Gasteiger partial charge is 0.327 e. The Kier molecular flexibility index (Phi) is 2.55. The first-order valence-electron chi connectivity index (χ1n) is 7.02. The van der Waals surface area contributed by atoms with E-state index >= 15 is 0 Å². The summed E-state index contributed by atoms with van der Waals surface area (Å²) < 4.78 is 5.60. The molecule has 102 valence electrons. The molecule has 2 unspecified atom stereocenters. The average molecular weight is 253 g/mol. The second kappa shape index (κ2) is 3.70. The van der Waals surface area contributed by atoms with Gasteiger partial charge in [-0.1, -0.05) is 0 Å². The van der Waals surface area contributed by atoms with Crippen LogP contribution >= 0.6 is 0 Å². The molecule has 0 saturated carbocycles. The second-order valence-corrected chi connectivity index (χ2v) is 7.12. The van der Waals surface area contributed by atoms with Crippen LogP contribution in [0.15, 0.2) is 0 Å². The van der Waals surface area contributed by atoms with E-state index in [0.29, 0.717) is 12.1 Å². The molecule has 3 fully saturated rings. The second-order valence-electron chi connectivity index (χ2n) is 7.12. The lowest BCUT2D eigenvalue weighted by Crippen LogP contribution is -2.71. The van der Waals surface area contributed by atoms with Gasteiger partial charge in [-0.05, 0) is 52.9 Å². The molecule has 1 N–H and O–H groups in total. The number of carbonyl (C=O) groups excluding carboxylic acids is 1. The molecule has 0 aromatic heterocycles. The Labute approximate surface area is 108 Å². The molecule has 0 amide bonds. The van der Waals surface area contributed by atoms with Crippen molar-refractivity contribution in [1.82, 2.24) is 4.90 Å². The van der Waals surface area contributed by atoms with Crippen molar-refractivity contribution in [3.8, 4) is 0 Å². The maximum Gasteiger partial charge on any atom is 0.327 e. The minimum Gasteiger partial charge on any atom is -0.459 e. The van der Waals surface area contributed by atoms with Gasteiger partial charge in [0, 0.05) is 12.1 Å². The highest BCUT2D eigenvalue weighted by atomic mass is 16.6. The summed E-state index contributed by atoms with van der Waals surface area (Å²) in [5.41, 5.74) is -0.771. The molecule has 3 saturated heterocycles. The van der Waals surface area contributed by atoms with Crippen LogP contribution in [0.3, 0.4) is 0 Å². The highest BCUT2D eigenvalue weighted by Gasteiger charge is 2.65. The van der Waals surface area contributed by atoms with E-state index in [1.165, 1.54) is 0 Å². The van der Waals surface area contributed by atoms with Gasteiger partial charge < -0.3 is 9.84 Å². The van der Waals surface area contributed by atoms with E-state index in [0.717, 1.165) is 32.1 Å². The first kappa shape index (κ1) is 12.4. The summed E-state index contributed by atoms with van der Waals surface area (Å²) in [6, 6.07) is 0.786. The summed E-state index contributed by atoms with van der Waals surface area (Å²) in [4.78, 5) is 14.8. The van der Waals surface area contributed by atoms with Gasteiger partial charge in [-0.2, -0.15) is 0 Å². The molecule has 0 aliphatic carbocycles. The van der Waals surface area contributed by atoms with Gasteiger partial charge >= 0.3 is 5.97 Å². The molecule has 0 aromatic rings. The predicted octanol–water partition coefficient (Wildman–Crippen LogP) is 1.46. The number of piperidine rings is 1. The molecule has 0 aromatic carbocycles. The third-order valence-electron chi connectivity index (χ3n) is 4.61. The fraction of sp³-hybridized carbons (Fsp3) is 0.929. The zero-order chi connectivity index (χ0) is 13.1. The minimum atomic E-state index is -0.412. The Bertz CT molecular complexity index is 376. The van der Waals surface area contributed by atoms with Crippen molar-refractivity contribution in [2.24, 2.45) is 0 Å². The largest absolute Gasteiger partial charge is 0.459 e. The zero-order valence-corrected chi connectivity index (χ0v) is 11.5. The van der Waals surface area contributed by atoms with Crippen LogP contribution in [-0.4, -0.2) is 45.3 Å². The SMILES string of the molecule is CC(C)(C)OC(=O)C12CC[C@H]3CC(O)C[C@@H](C1)N32. The first-order valence-corrected chi connectivity index (χ1v) is 7.02. The molecule has 4 atom stereocenters. The van der Waals surface area contributed by atoms with Crippen molar-refractivity contribution in [3.05, 3.63) is 0 Å². The molecule has 4 nitrogen and oxygen atoms in total. The van der Waals surface area contributed by atoms with Crippen molar-refractivity contribution >= 4 is 5.97 Å². The molecule has 3 rings (SSSR count). The number of nitrogens with zero attached hydrogens (tertiary/aromatic N) is 1. The van der Waals surface area contributed by atoms with Gasteiger partial charge in [0.05, 0.1) is 6.10 Å². The maximum absolute atomic E-state index is 12.4. The number of aliphatic hydroxyl groups is 1. The van der Waals surface area contributed by atoms with Crippen LogP contribution in [-0.2, 0) is 9.53 Å².